The average molecular weight is 426 g/mol. The van der Waals surface area contributed by atoms with E-state index in [-0.39, 0.29) is 5.88 Å². The van der Waals surface area contributed by atoms with Gasteiger partial charge >= 0.3 is 6.03 Å². The maximum absolute atomic E-state index is 13.6. The summed E-state index contributed by atoms with van der Waals surface area (Å²) in [6, 6.07) is 12.1. The maximum atomic E-state index is 13.6. The molecule has 2 amide bonds. The van der Waals surface area contributed by atoms with Crippen molar-refractivity contribution >= 4 is 17.4 Å². The second-order valence-electron chi connectivity index (χ2n) is 6.11. The van der Waals surface area contributed by atoms with Gasteiger partial charge in [-0.05, 0) is 48.5 Å². The lowest BCUT2D eigenvalue weighted by Gasteiger charge is -2.10. The molecular formula is C20H13F3N6O2. The van der Waals surface area contributed by atoms with E-state index in [0.717, 1.165) is 6.07 Å². The molecule has 0 unspecified atom stereocenters. The molecule has 0 aliphatic rings. The number of amides is 2. The summed E-state index contributed by atoms with van der Waals surface area (Å²) in [5.74, 6) is -3.29. The van der Waals surface area contributed by atoms with Crippen LogP contribution in [-0.4, -0.2) is 26.0 Å². The van der Waals surface area contributed by atoms with Gasteiger partial charge in [-0.3, -0.25) is 0 Å². The van der Waals surface area contributed by atoms with Crippen LogP contribution in [0.4, 0.5) is 29.3 Å². The highest BCUT2D eigenvalue weighted by atomic mass is 19.2. The summed E-state index contributed by atoms with van der Waals surface area (Å²) in [4.78, 5) is 12.0. The SMILES string of the molecule is O=C(Nc1ccc(Oc2ccc(-n3cccn3)nn2)cc1)Nc1ccc(F)c(F)c1F. The van der Waals surface area contributed by atoms with Gasteiger partial charge in [0.1, 0.15) is 5.75 Å². The molecule has 11 heteroatoms. The van der Waals surface area contributed by atoms with Gasteiger partial charge in [0.05, 0.1) is 5.69 Å². The Morgan fingerprint density at radius 1 is 0.903 bits per heavy atom. The summed E-state index contributed by atoms with van der Waals surface area (Å²) < 4.78 is 47.0. The van der Waals surface area contributed by atoms with Crippen molar-refractivity contribution in [3.8, 4) is 17.4 Å². The zero-order valence-electron chi connectivity index (χ0n) is 15.6. The minimum atomic E-state index is -1.67. The predicted octanol–water partition coefficient (Wildman–Crippen LogP) is 4.52. The van der Waals surface area contributed by atoms with Gasteiger partial charge in [0.15, 0.2) is 23.3 Å². The van der Waals surface area contributed by atoms with Gasteiger partial charge in [0.2, 0.25) is 5.88 Å². The molecule has 2 heterocycles. The summed E-state index contributed by atoms with van der Waals surface area (Å²) in [7, 11) is 0. The van der Waals surface area contributed by atoms with E-state index < -0.39 is 29.2 Å². The Morgan fingerprint density at radius 3 is 2.39 bits per heavy atom. The molecule has 0 atom stereocenters. The Labute approximate surface area is 173 Å². The van der Waals surface area contributed by atoms with Crippen molar-refractivity contribution in [3.05, 3.63) is 84.4 Å². The van der Waals surface area contributed by atoms with Crippen LogP contribution in [-0.2, 0) is 0 Å². The molecule has 0 fully saturated rings. The van der Waals surface area contributed by atoms with Crippen molar-refractivity contribution in [2.75, 3.05) is 10.6 Å². The van der Waals surface area contributed by atoms with Gasteiger partial charge in [-0.2, -0.15) is 5.10 Å². The van der Waals surface area contributed by atoms with Crippen molar-refractivity contribution < 1.29 is 22.7 Å². The van der Waals surface area contributed by atoms with Crippen LogP contribution in [0.15, 0.2) is 67.0 Å². The van der Waals surface area contributed by atoms with E-state index in [9.17, 15) is 18.0 Å². The number of carbonyl (C=O) groups excluding carboxylic acids is 1. The Hall–Kier alpha value is -4.41. The second-order valence-corrected chi connectivity index (χ2v) is 6.11. The van der Waals surface area contributed by atoms with Crippen molar-refractivity contribution in [3.63, 3.8) is 0 Å². The quantitative estimate of drug-likeness (QED) is 0.458. The zero-order valence-corrected chi connectivity index (χ0v) is 15.6. The Balaban J connectivity index is 1.36. The summed E-state index contributed by atoms with van der Waals surface area (Å²) in [6.45, 7) is 0. The smallest absolute Gasteiger partial charge is 0.323 e. The molecule has 0 spiro atoms. The number of ether oxygens (including phenoxy) is 1. The van der Waals surface area contributed by atoms with Crippen molar-refractivity contribution in [1.29, 1.82) is 0 Å². The highest BCUT2D eigenvalue weighted by Gasteiger charge is 2.15. The lowest BCUT2D eigenvalue weighted by molar-refractivity contribution is 0.262. The first-order chi connectivity index (χ1) is 15.0. The first kappa shape index (κ1) is 19.9. The van der Waals surface area contributed by atoms with Gasteiger partial charge < -0.3 is 15.4 Å². The number of hydrogen-bond donors (Lipinski definition) is 2. The number of nitrogens with zero attached hydrogens (tertiary/aromatic N) is 4. The fourth-order valence-electron chi connectivity index (χ4n) is 2.53. The van der Waals surface area contributed by atoms with Gasteiger partial charge in [-0.1, -0.05) is 0 Å². The molecular weight excluding hydrogens is 413 g/mol. The number of hydrogen-bond acceptors (Lipinski definition) is 5. The van der Waals surface area contributed by atoms with Crippen molar-refractivity contribution in [2.45, 2.75) is 0 Å². The van der Waals surface area contributed by atoms with Crippen LogP contribution in [0.25, 0.3) is 5.82 Å². The third-order valence-electron chi connectivity index (χ3n) is 3.98. The number of rotatable bonds is 5. The highest BCUT2D eigenvalue weighted by Crippen LogP contribution is 2.23. The number of halogens is 3. The summed E-state index contributed by atoms with van der Waals surface area (Å²) >= 11 is 0. The van der Waals surface area contributed by atoms with Crippen LogP contribution < -0.4 is 15.4 Å². The number of benzene rings is 2. The summed E-state index contributed by atoms with van der Waals surface area (Å²) in [6.07, 6.45) is 3.35. The molecule has 0 aliphatic carbocycles. The van der Waals surface area contributed by atoms with Gasteiger partial charge in [-0.15, -0.1) is 10.2 Å². The Bertz CT molecular complexity index is 1200. The number of nitrogens with one attached hydrogen (secondary N) is 2. The molecule has 0 bridgehead atoms. The molecule has 2 aromatic carbocycles. The lowest BCUT2D eigenvalue weighted by atomic mass is 10.3. The summed E-state index contributed by atoms with van der Waals surface area (Å²) in [5.41, 5.74) is -0.138. The van der Waals surface area contributed by atoms with E-state index in [1.165, 1.54) is 12.1 Å². The Morgan fingerprint density at radius 2 is 1.71 bits per heavy atom. The van der Waals surface area contributed by atoms with E-state index in [0.29, 0.717) is 23.3 Å². The lowest BCUT2D eigenvalue weighted by Crippen LogP contribution is -2.20. The van der Waals surface area contributed by atoms with Crippen LogP contribution in [0.1, 0.15) is 0 Å². The molecule has 156 valence electrons. The molecule has 2 aromatic heterocycles. The van der Waals surface area contributed by atoms with E-state index in [1.807, 2.05) is 0 Å². The minimum Gasteiger partial charge on any atom is -0.438 e. The molecule has 0 saturated heterocycles. The molecule has 4 rings (SSSR count). The van der Waals surface area contributed by atoms with Crippen molar-refractivity contribution in [1.82, 2.24) is 20.0 Å². The zero-order chi connectivity index (χ0) is 21.8. The van der Waals surface area contributed by atoms with E-state index in [4.69, 9.17) is 4.74 Å². The Kier molecular flexibility index (Phi) is 5.47. The molecule has 2 N–H and O–H groups in total. The number of anilines is 2. The normalized spacial score (nSPS) is 10.5. The topological polar surface area (TPSA) is 94.0 Å². The van der Waals surface area contributed by atoms with Gasteiger partial charge in [-0.25, -0.2) is 22.6 Å². The van der Waals surface area contributed by atoms with Crippen LogP contribution in [0, 0.1) is 17.5 Å². The standard InChI is InChI=1S/C20H13F3N6O2/c21-14-6-7-15(19(23)18(14)22)26-20(30)25-12-2-4-13(5-3-12)31-17-9-8-16(27-28-17)29-11-1-10-24-29/h1-11H,(H2,25,26,30). The second kappa shape index (κ2) is 8.53. The number of aromatic nitrogens is 4. The number of urea groups is 1. The largest absolute Gasteiger partial charge is 0.438 e. The van der Waals surface area contributed by atoms with Crippen LogP contribution >= 0.6 is 0 Å². The van der Waals surface area contributed by atoms with E-state index in [1.54, 1.807) is 47.4 Å². The monoisotopic (exact) mass is 426 g/mol. The number of carbonyl (C=O) groups is 1. The highest BCUT2D eigenvalue weighted by molar-refractivity contribution is 5.99. The maximum Gasteiger partial charge on any atom is 0.323 e. The molecule has 8 nitrogen and oxygen atoms in total. The molecule has 0 saturated carbocycles. The van der Waals surface area contributed by atoms with Crippen LogP contribution in [0.2, 0.25) is 0 Å². The fraction of sp³-hybridized carbons (Fsp3) is 0. The average Bonchev–Trinajstić information content (AvgIpc) is 3.31. The van der Waals surface area contributed by atoms with E-state index >= 15 is 0 Å². The molecule has 0 radical (unpaired) electrons. The third kappa shape index (κ3) is 4.61. The predicted molar refractivity (Wildman–Crippen MR) is 105 cm³/mol. The first-order valence-corrected chi connectivity index (χ1v) is 8.83. The van der Waals surface area contributed by atoms with Crippen LogP contribution in [0.5, 0.6) is 11.6 Å². The fourth-order valence-corrected chi connectivity index (χ4v) is 2.53. The first-order valence-electron chi connectivity index (χ1n) is 8.83. The molecule has 4 aromatic rings. The van der Waals surface area contributed by atoms with Gasteiger partial charge in [0, 0.05) is 24.1 Å². The van der Waals surface area contributed by atoms with E-state index in [2.05, 4.69) is 25.9 Å². The molecule has 31 heavy (non-hydrogen) atoms. The van der Waals surface area contributed by atoms with Crippen LogP contribution in [0.3, 0.4) is 0 Å². The summed E-state index contributed by atoms with van der Waals surface area (Å²) in [5, 5.41) is 16.6. The molecule has 0 aliphatic heterocycles. The van der Waals surface area contributed by atoms with Crippen molar-refractivity contribution in [2.24, 2.45) is 0 Å². The minimum absolute atomic E-state index is 0.253. The van der Waals surface area contributed by atoms with Gasteiger partial charge in [0.25, 0.3) is 0 Å². The third-order valence-corrected chi connectivity index (χ3v) is 3.98.